The lowest BCUT2D eigenvalue weighted by atomic mass is 9.84. The summed E-state index contributed by atoms with van der Waals surface area (Å²) in [6, 6.07) is 27.5. The predicted molar refractivity (Wildman–Crippen MR) is 117 cm³/mol. The number of cyclic esters (lactones) is 2. The van der Waals surface area contributed by atoms with E-state index in [2.05, 4.69) is 34.3 Å². The van der Waals surface area contributed by atoms with Crippen LogP contribution in [0.1, 0.15) is 16.7 Å². The largest absolute Gasteiger partial charge is 0.497 e. The normalized spacial score (nSPS) is 16.1. The summed E-state index contributed by atoms with van der Waals surface area (Å²) in [6.07, 6.45) is -0.694. The molecule has 0 aromatic heterocycles. The number of carbonyl (C=O) groups excluding carboxylic acids is 2. The molecule has 0 spiro atoms. The molecule has 1 aliphatic heterocycles. The predicted octanol–water partition coefficient (Wildman–Crippen LogP) is 4.36. The summed E-state index contributed by atoms with van der Waals surface area (Å²) in [6.45, 7) is 0. The summed E-state index contributed by atoms with van der Waals surface area (Å²) in [7, 11) is 1.64. The third-order valence-electron chi connectivity index (χ3n) is 5.09. The minimum absolute atomic E-state index is 0.361. The zero-order valence-electron chi connectivity index (χ0n) is 16.4. The molecule has 3 aromatic carbocycles. The number of benzene rings is 3. The van der Waals surface area contributed by atoms with Crippen molar-refractivity contribution in [2.45, 2.75) is 10.8 Å². The van der Waals surface area contributed by atoms with E-state index in [1.807, 2.05) is 60.7 Å². The number of esters is 1. The molecule has 3 aromatic rings. The van der Waals surface area contributed by atoms with Gasteiger partial charge in [0.25, 0.3) is 0 Å². The zero-order chi connectivity index (χ0) is 21.0. The molecule has 4 rings (SSSR count). The Morgan fingerprint density at radius 2 is 1.40 bits per heavy atom. The van der Waals surface area contributed by atoms with Gasteiger partial charge in [-0.05, 0) is 28.8 Å². The molecular formula is C24H21NO4S. The molecule has 0 aliphatic carbocycles. The third kappa shape index (κ3) is 3.78. The average molecular weight is 420 g/mol. The minimum atomic E-state index is -0.694. The van der Waals surface area contributed by atoms with Gasteiger partial charge in [0.2, 0.25) is 0 Å². The van der Waals surface area contributed by atoms with Gasteiger partial charge in [-0.15, -0.1) is 11.8 Å². The van der Waals surface area contributed by atoms with Gasteiger partial charge < -0.3 is 14.8 Å². The number of hydrogen-bond acceptors (Lipinski definition) is 5. The molecule has 1 unspecified atom stereocenters. The number of ether oxygens (including phenoxy) is 2. The Morgan fingerprint density at radius 3 is 1.87 bits per heavy atom. The van der Waals surface area contributed by atoms with Gasteiger partial charge in [0.05, 0.1) is 11.9 Å². The maximum Gasteiger partial charge on any atom is 0.415 e. The molecule has 6 heteroatoms. The van der Waals surface area contributed by atoms with Crippen molar-refractivity contribution in [3.63, 3.8) is 0 Å². The summed E-state index contributed by atoms with van der Waals surface area (Å²) in [5, 5.41) is 2.60. The van der Waals surface area contributed by atoms with Crippen molar-refractivity contribution < 1.29 is 19.1 Å². The molecule has 0 bridgehead atoms. The summed E-state index contributed by atoms with van der Waals surface area (Å²) < 4.78 is 9.42. The van der Waals surface area contributed by atoms with Gasteiger partial charge in [-0.2, -0.15) is 0 Å². The van der Waals surface area contributed by atoms with E-state index in [-0.39, 0.29) is 0 Å². The van der Waals surface area contributed by atoms with Crippen LogP contribution in [0.3, 0.4) is 0 Å². The fraction of sp³-hybridized carbons (Fsp3) is 0.167. The molecule has 1 heterocycles. The highest BCUT2D eigenvalue weighted by molar-refractivity contribution is 8.00. The lowest BCUT2D eigenvalue weighted by Gasteiger charge is -2.36. The lowest BCUT2D eigenvalue weighted by Crippen LogP contribution is -2.35. The summed E-state index contributed by atoms with van der Waals surface area (Å²) in [5.41, 5.74) is 3.19. The molecule has 1 saturated heterocycles. The Morgan fingerprint density at radius 1 is 0.867 bits per heavy atom. The quantitative estimate of drug-likeness (QED) is 0.350. The van der Waals surface area contributed by atoms with Crippen molar-refractivity contribution in [3.05, 3.63) is 102 Å². The van der Waals surface area contributed by atoms with Crippen LogP contribution < -0.4 is 10.1 Å². The molecule has 152 valence electrons. The van der Waals surface area contributed by atoms with E-state index in [0.29, 0.717) is 5.75 Å². The molecule has 1 aliphatic rings. The van der Waals surface area contributed by atoms with Gasteiger partial charge in [-0.1, -0.05) is 72.8 Å². The molecule has 1 N–H and O–H groups in total. The SMILES string of the molecule is COc1ccc(C(SCC2NC(=O)OC2=O)(c2ccccc2)c2ccccc2)cc1. The first-order chi connectivity index (χ1) is 14.6. The number of rotatable bonds is 7. The number of thioether (sulfide) groups is 1. The third-order valence-corrected chi connectivity index (χ3v) is 6.73. The van der Waals surface area contributed by atoms with Crippen molar-refractivity contribution in [2.24, 2.45) is 0 Å². The first kappa shape index (κ1) is 20.0. The number of hydrogen-bond donors (Lipinski definition) is 1. The molecule has 1 atom stereocenters. The van der Waals surface area contributed by atoms with Crippen LogP contribution in [0.2, 0.25) is 0 Å². The highest BCUT2D eigenvalue weighted by Crippen LogP contribution is 2.49. The lowest BCUT2D eigenvalue weighted by molar-refractivity contribution is -0.134. The van der Waals surface area contributed by atoms with E-state index in [4.69, 9.17) is 4.74 Å². The number of alkyl carbamates (subject to hydrolysis) is 1. The van der Waals surface area contributed by atoms with E-state index in [9.17, 15) is 9.59 Å². The highest BCUT2D eigenvalue weighted by Gasteiger charge is 2.40. The van der Waals surface area contributed by atoms with Crippen LogP contribution in [0.4, 0.5) is 4.79 Å². The minimum Gasteiger partial charge on any atom is -0.497 e. The van der Waals surface area contributed by atoms with Crippen molar-refractivity contribution in [3.8, 4) is 5.75 Å². The van der Waals surface area contributed by atoms with Crippen LogP contribution in [0.5, 0.6) is 5.75 Å². The van der Waals surface area contributed by atoms with Crippen LogP contribution in [-0.2, 0) is 14.3 Å². The first-order valence-corrected chi connectivity index (χ1v) is 10.5. The maximum absolute atomic E-state index is 12.1. The summed E-state index contributed by atoms with van der Waals surface area (Å²) >= 11 is 1.59. The van der Waals surface area contributed by atoms with Crippen molar-refractivity contribution in [1.82, 2.24) is 5.32 Å². The fourth-order valence-electron chi connectivity index (χ4n) is 3.63. The van der Waals surface area contributed by atoms with Crippen molar-refractivity contribution in [2.75, 3.05) is 12.9 Å². The van der Waals surface area contributed by atoms with Crippen molar-refractivity contribution in [1.29, 1.82) is 0 Å². The van der Waals surface area contributed by atoms with E-state index in [1.165, 1.54) is 0 Å². The molecule has 5 nitrogen and oxygen atoms in total. The van der Waals surface area contributed by atoms with Gasteiger partial charge in [0.1, 0.15) is 11.8 Å². The second kappa shape index (κ2) is 8.63. The topological polar surface area (TPSA) is 64.6 Å². The standard InChI is InChI=1S/C24H21NO4S/c1-28-20-14-12-19(13-15-20)24(17-8-4-2-5-9-17,18-10-6-3-7-11-18)30-16-21-22(26)29-23(27)25-21/h2-15,21H,16H2,1H3,(H,25,27). The monoisotopic (exact) mass is 419 g/mol. The number of methoxy groups -OCH3 is 1. The second-order valence-electron chi connectivity index (χ2n) is 6.86. The van der Waals surface area contributed by atoms with Crippen LogP contribution in [0, 0.1) is 0 Å². The van der Waals surface area contributed by atoms with Gasteiger partial charge in [0, 0.05) is 5.75 Å². The molecule has 0 saturated carbocycles. The Labute approximate surface area is 179 Å². The van der Waals surface area contributed by atoms with Crippen LogP contribution in [0.25, 0.3) is 0 Å². The molecular weight excluding hydrogens is 398 g/mol. The van der Waals surface area contributed by atoms with Gasteiger partial charge in [0.15, 0.2) is 0 Å². The number of amides is 1. The van der Waals surface area contributed by atoms with E-state index < -0.39 is 22.9 Å². The van der Waals surface area contributed by atoms with E-state index in [0.717, 1.165) is 22.4 Å². The first-order valence-electron chi connectivity index (χ1n) is 9.55. The molecule has 1 amide bonds. The Bertz CT molecular complexity index is 983. The van der Waals surface area contributed by atoms with Crippen LogP contribution in [-0.4, -0.2) is 31.0 Å². The number of carbonyl (C=O) groups is 2. The molecule has 1 fully saturated rings. The Balaban J connectivity index is 1.84. The second-order valence-corrected chi connectivity index (χ2v) is 8.09. The smallest absolute Gasteiger partial charge is 0.415 e. The van der Waals surface area contributed by atoms with Crippen LogP contribution >= 0.6 is 11.8 Å². The molecule has 0 radical (unpaired) electrons. The maximum atomic E-state index is 12.1. The Hall–Kier alpha value is -3.25. The highest BCUT2D eigenvalue weighted by atomic mass is 32.2. The summed E-state index contributed by atoms with van der Waals surface area (Å²) in [4.78, 5) is 23.6. The number of nitrogens with one attached hydrogen (secondary N) is 1. The zero-order valence-corrected chi connectivity index (χ0v) is 17.2. The van der Waals surface area contributed by atoms with Gasteiger partial charge in [-0.25, -0.2) is 9.59 Å². The van der Waals surface area contributed by atoms with Gasteiger partial charge in [-0.3, -0.25) is 0 Å². The van der Waals surface area contributed by atoms with Crippen LogP contribution in [0.15, 0.2) is 84.9 Å². The van der Waals surface area contributed by atoms with Gasteiger partial charge >= 0.3 is 12.1 Å². The van der Waals surface area contributed by atoms with Crippen molar-refractivity contribution >= 4 is 23.8 Å². The summed E-state index contributed by atoms with van der Waals surface area (Å²) in [5.74, 6) is 0.586. The van der Waals surface area contributed by atoms with E-state index in [1.54, 1.807) is 18.9 Å². The molecule has 30 heavy (non-hydrogen) atoms. The van der Waals surface area contributed by atoms with E-state index >= 15 is 0 Å². The Kier molecular flexibility index (Phi) is 5.77. The fourth-order valence-corrected chi connectivity index (χ4v) is 5.18. The average Bonchev–Trinajstić information content (AvgIpc) is 3.13.